The quantitative estimate of drug-likeness (QED) is 0.0261. The second-order valence-corrected chi connectivity index (χ2v) is 22.0. The number of rotatable bonds is 60. The molecule has 0 amide bonds. The highest BCUT2D eigenvalue weighted by Crippen LogP contribution is 2.17. The van der Waals surface area contributed by atoms with E-state index in [1.165, 1.54) is 250 Å². The van der Waals surface area contributed by atoms with Gasteiger partial charge in [-0.3, -0.25) is 14.4 Å². The molecule has 0 fully saturated rings. The zero-order chi connectivity index (χ0) is 52.9. The first-order valence-electron chi connectivity index (χ1n) is 32.5. The molecule has 73 heavy (non-hydrogen) atoms. The molecule has 0 aromatic carbocycles. The lowest BCUT2D eigenvalue weighted by molar-refractivity contribution is -0.167. The van der Waals surface area contributed by atoms with E-state index in [1.807, 2.05) is 0 Å². The van der Waals surface area contributed by atoms with Crippen molar-refractivity contribution in [2.75, 3.05) is 13.2 Å². The smallest absolute Gasteiger partial charge is 0.306 e. The van der Waals surface area contributed by atoms with Crippen LogP contribution in [0.2, 0.25) is 0 Å². The fraction of sp³-hybridized carbons (Fsp3) is 0.866. The lowest BCUT2D eigenvalue weighted by Gasteiger charge is -2.18. The summed E-state index contributed by atoms with van der Waals surface area (Å²) >= 11 is 0. The lowest BCUT2D eigenvalue weighted by atomic mass is 10.0. The van der Waals surface area contributed by atoms with E-state index in [2.05, 4.69) is 57.2 Å². The van der Waals surface area contributed by atoms with Gasteiger partial charge in [-0.2, -0.15) is 0 Å². The molecule has 0 rings (SSSR count). The molecule has 0 spiro atoms. The predicted molar refractivity (Wildman–Crippen MR) is 316 cm³/mol. The van der Waals surface area contributed by atoms with E-state index in [0.29, 0.717) is 19.3 Å². The fourth-order valence-corrected chi connectivity index (χ4v) is 9.71. The molecule has 0 aromatic heterocycles. The van der Waals surface area contributed by atoms with Gasteiger partial charge in [-0.05, 0) is 77.0 Å². The van der Waals surface area contributed by atoms with Crippen molar-refractivity contribution >= 4 is 17.9 Å². The molecule has 0 aliphatic rings. The van der Waals surface area contributed by atoms with Crippen LogP contribution in [0.15, 0.2) is 36.5 Å². The Hall–Kier alpha value is -2.37. The molecule has 1 atom stereocenters. The highest BCUT2D eigenvalue weighted by molar-refractivity contribution is 5.71. The maximum atomic E-state index is 12.9. The molecule has 0 saturated carbocycles. The molecule has 6 heteroatoms. The third-order valence-corrected chi connectivity index (χ3v) is 14.6. The molecule has 0 aromatic rings. The maximum Gasteiger partial charge on any atom is 0.306 e. The van der Waals surface area contributed by atoms with Crippen molar-refractivity contribution in [3.63, 3.8) is 0 Å². The number of allylic oxidation sites excluding steroid dienone is 6. The fourth-order valence-electron chi connectivity index (χ4n) is 9.71. The number of unbranched alkanes of at least 4 members (excludes halogenated alkanes) is 43. The van der Waals surface area contributed by atoms with Crippen LogP contribution in [0.4, 0.5) is 0 Å². The van der Waals surface area contributed by atoms with E-state index in [9.17, 15) is 14.4 Å². The minimum Gasteiger partial charge on any atom is -0.462 e. The van der Waals surface area contributed by atoms with Crippen LogP contribution in [-0.4, -0.2) is 37.2 Å². The van der Waals surface area contributed by atoms with Crippen LogP contribution in [0.3, 0.4) is 0 Å². The first-order valence-corrected chi connectivity index (χ1v) is 32.5. The molecule has 428 valence electrons. The summed E-state index contributed by atoms with van der Waals surface area (Å²) in [5.74, 6) is -0.855. The van der Waals surface area contributed by atoms with E-state index in [1.54, 1.807) is 0 Å². The summed E-state index contributed by atoms with van der Waals surface area (Å²) in [7, 11) is 0. The van der Waals surface area contributed by atoms with E-state index in [-0.39, 0.29) is 31.1 Å². The van der Waals surface area contributed by atoms with Gasteiger partial charge in [0.25, 0.3) is 0 Å². The molecule has 0 bridgehead atoms. The summed E-state index contributed by atoms with van der Waals surface area (Å²) in [4.78, 5) is 38.2. The van der Waals surface area contributed by atoms with Gasteiger partial charge in [-0.25, -0.2) is 0 Å². The number of hydrogen-bond donors (Lipinski definition) is 0. The normalized spacial score (nSPS) is 12.2. The monoisotopic (exact) mass is 1020 g/mol. The molecular weight excluding hydrogens is 901 g/mol. The predicted octanol–water partition coefficient (Wildman–Crippen LogP) is 22.0. The van der Waals surface area contributed by atoms with Crippen LogP contribution in [0.25, 0.3) is 0 Å². The molecule has 0 saturated heterocycles. The van der Waals surface area contributed by atoms with Crippen LogP contribution in [0.1, 0.15) is 355 Å². The van der Waals surface area contributed by atoms with Gasteiger partial charge in [-0.15, -0.1) is 0 Å². The maximum absolute atomic E-state index is 12.9. The standard InChI is InChI=1S/C67H124O6/c1-4-7-10-13-16-19-21-23-25-27-29-31-32-33-34-36-37-39-41-43-45-48-51-54-57-60-66(69)72-63-64(62-71-65(68)59-56-53-50-47-18-15-12-9-6-3)73-67(70)61-58-55-52-49-46-44-42-40-38-35-30-28-26-24-22-20-17-14-11-8-5-2/h22,24,27-30,64H,4-21,23,25-26,31-63H2,1-3H3/b24-22-,29-27-,30-28-. The molecule has 0 heterocycles. The van der Waals surface area contributed by atoms with Crippen molar-refractivity contribution in [1.29, 1.82) is 0 Å². The zero-order valence-electron chi connectivity index (χ0n) is 49.2. The minimum absolute atomic E-state index is 0.0698. The summed E-state index contributed by atoms with van der Waals surface area (Å²) in [6.45, 7) is 6.66. The number of carbonyl (C=O) groups is 3. The van der Waals surface area contributed by atoms with Gasteiger partial charge < -0.3 is 14.2 Å². The Morgan fingerprint density at radius 2 is 0.493 bits per heavy atom. The number of esters is 3. The molecule has 0 aliphatic heterocycles. The van der Waals surface area contributed by atoms with Crippen molar-refractivity contribution in [2.24, 2.45) is 0 Å². The van der Waals surface area contributed by atoms with Crippen LogP contribution >= 0.6 is 0 Å². The minimum atomic E-state index is -0.771. The molecule has 0 aliphatic carbocycles. The summed E-state index contributed by atoms with van der Waals surface area (Å²) in [5.41, 5.74) is 0. The SMILES string of the molecule is CCCCCCC/C=C\C/C=C\CCCCCCCCCCCC(=O)OC(COC(=O)CCCCCCCCCCC)COC(=O)CCCCCCCCCCCCCCC/C=C\CCCCCCCCCC. The average molecular weight is 1030 g/mol. The van der Waals surface area contributed by atoms with Gasteiger partial charge in [-0.1, -0.05) is 295 Å². The Kier molecular flexibility index (Phi) is 60.2. The number of hydrogen-bond acceptors (Lipinski definition) is 6. The first-order chi connectivity index (χ1) is 36.0. The van der Waals surface area contributed by atoms with Crippen molar-refractivity contribution < 1.29 is 28.6 Å². The second kappa shape index (κ2) is 62.2. The van der Waals surface area contributed by atoms with Gasteiger partial charge in [0.15, 0.2) is 6.10 Å². The van der Waals surface area contributed by atoms with E-state index >= 15 is 0 Å². The largest absolute Gasteiger partial charge is 0.462 e. The Labute approximate surface area is 455 Å². The third-order valence-electron chi connectivity index (χ3n) is 14.6. The number of ether oxygens (including phenoxy) is 3. The van der Waals surface area contributed by atoms with Gasteiger partial charge in [0, 0.05) is 19.3 Å². The molecule has 0 N–H and O–H groups in total. The molecule has 0 radical (unpaired) electrons. The Morgan fingerprint density at radius 1 is 0.274 bits per heavy atom. The lowest BCUT2D eigenvalue weighted by Crippen LogP contribution is -2.30. The van der Waals surface area contributed by atoms with Gasteiger partial charge in [0.1, 0.15) is 13.2 Å². The second-order valence-electron chi connectivity index (χ2n) is 22.0. The van der Waals surface area contributed by atoms with Crippen LogP contribution in [0.5, 0.6) is 0 Å². The van der Waals surface area contributed by atoms with Crippen LogP contribution < -0.4 is 0 Å². The van der Waals surface area contributed by atoms with E-state index in [0.717, 1.165) is 64.2 Å². The van der Waals surface area contributed by atoms with Gasteiger partial charge >= 0.3 is 17.9 Å². The summed E-state index contributed by atoms with van der Waals surface area (Å²) in [5, 5.41) is 0. The zero-order valence-corrected chi connectivity index (χ0v) is 49.2. The molecular formula is C67H124O6. The van der Waals surface area contributed by atoms with Gasteiger partial charge in [0.2, 0.25) is 0 Å². The van der Waals surface area contributed by atoms with Crippen LogP contribution in [0, 0.1) is 0 Å². The highest BCUT2D eigenvalue weighted by atomic mass is 16.6. The average Bonchev–Trinajstić information content (AvgIpc) is 3.39. The van der Waals surface area contributed by atoms with Crippen LogP contribution in [-0.2, 0) is 28.6 Å². The Bertz CT molecular complexity index is 1220. The summed E-state index contributed by atoms with van der Waals surface area (Å²) in [6.07, 6.45) is 76.0. The number of carbonyl (C=O) groups excluding carboxylic acids is 3. The van der Waals surface area contributed by atoms with Crippen molar-refractivity contribution in [1.82, 2.24) is 0 Å². The van der Waals surface area contributed by atoms with Gasteiger partial charge in [0.05, 0.1) is 0 Å². The molecule has 6 nitrogen and oxygen atoms in total. The Morgan fingerprint density at radius 3 is 0.767 bits per heavy atom. The summed E-state index contributed by atoms with van der Waals surface area (Å²) < 4.78 is 16.9. The third kappa shape index (κ3) is 60.4. The van der Waals surface area contributed by atoms with E-state index < -0.39 is 6.10 Å². The van der Waals surface area contributed by atoms with Crippen molar-refractivity contribution in [3.8, 4) is 0 Å². The Balaban J connectivity index is 4.17. The first kappa shape index (κ1) is 70.6. The summed E-state index contributed by atoms with van der Waals surface area (Å²) in [6, 6.07) is 0. The molecule has 1 unspecified atom stereocenters. The van der Waals surface area contributed by atoms with Crippen molar-refractivity contribution in [2.45, 2.75) is 361 Å². The van der Waals surface area contributed by atoms with E-state index in [4.69, 9.17) is 14.2 Å². The highest BCUT2D eigenvalue weighted by Gasteiger charge is 2.19. The topological polar surface area (TPSA) is 78.9 Å². The van der Waals surface area contributed by atoms with Crippen molar-refractivity contribution in [3.05, 3.63) is 36.5 Å².